The van der Waals surface area contributed by atoms with E-state index in [2.05, 4.69) is 17.4 Å². The molecule has 0 aromatic heterocycles. The molecule has 3 N–H and O–H groups in total. The number of thioether (sulfide) groups is 1. The minimum absolute atomic E-state index is 0.0392. The lowest BCUT2D eigenvalue weighted by atomic mass is 10.1. The summed E-state index contributed by atoms with van der Waals surface area (Å²) in [6.45, 7) is 1.91. The standard InChI is InChI=1S/C17H20N2OS/c1-13-15(18)9-5-10-16(13)19-17(20)11-6-12-21-14-7-3-2-4-8-14/h2-5,7-10H,6,11-12,18H2,1H3,(H,19,20). The van der Waals surface area contributed by atoms with Crippen LogP contribution in [-0.2, 0) is 4.79 Å². The maximum atomic E-state index is 11.9. The number of nitrogen functional groups attached to an aromatic ring is 1. The molecule has 0 unspecified atom stereocenters. The minimum Gasteiger partial charge on any atom is -0.398 e. The summed E-state index contributed by atoms with van der Waals surface area (Å²) in [6, 6.07) is 15.8. The molecule has 110 valence electrons. The molecule has 2 rings (SSSR count). The number of rotatable bonds is 6. The topological polar surface area (TPSA) is 55.1 Å². The monoisotopic (exact) mass is 300 g/mol. The largest absolute Gasteiger partial charge is 0.398 e. The fourth-order valence-electron chi connectivity index (χ4n) is 1.94. The van der Waals surface area contributed by atoms with Crippen LogP contribution < -0.4 is 11.1 Å². The number of nitrogens with two attached hydrogens (primary N) is 1. The highest BCUT2D eigenvalue weighted by Crippen LogP contribution is 2.21. The van der Waals surface area contributed by atoms with E-state index in [0.29, 0.717) is 12.1 Å². The summed E-state index contributed by atoms with van der Waals surface area (Å²) < 4.78 is 0. The van der Waals surface area contributed by atoms with Crippen LogP contribution in [-0.4, -0.2) is 11.7 Å². The number of amides is 1. The number of carbonyl (C=O) groups is 1. The number of nitrogens with one attached hydrogen (secondary N) is 1. The van der Waals surface area contributed by atoms with E-state index in [0.717, 1.165) is 23.4 Å². The Balaban J connectivity index is 1.74. The number of hydrogen-bond acceptors (Lipinski definition) is 3. The van der Waals surface area contributed by atoms with Crippen LogP contribution >= 0.6 is 11.8 Å². The Hall–Kier alpha value is -1.94. The van der Waals surface area contributed by atoms with Gasteiger partial charge in [-0.3, -0.25) is 4.79 Å². The minimum atomic E-state index is 0.0392. The van der Waals surface area contributed by atoms with Gasteiger partial charge in [-0.15, -0.1) is 11.8 Å². The van der Waals surface area contributed by atoms with E-state index in [-0.39, 0.29) is 5.91 Å². The quantitative estimate of drug-likeness (QED) is 0.480. The molecule has 4 heteroatoms. The van der Waals surface area contributed by atoms with Crippen molar-refractivity contribution in [1.82, 2.24) is 0 Å². The van der Waals surface area contributed by atoms with E-state index in [1.54, 1.807) is 11.8 Å². The van der Waals surface area contributed by atoms with Gasteiger partial charge in [0.25, 0.3) is 0 Å². The average molecular weight is 300 g/mol. The lowest BCUT2D eigenvalue weighted by Crippen LogP contribution is -2.12. The smallest absolute Gasteiger partial charge is 0.224 e. The first-order valence-electron chi connectivity index (χ1n) is 6.99. The van der Waals surface area contributed by atoms with Crippen molar-refractivity contribution >= 4 is 29.0 Å². The summed E-state index contributed by atoms with van der Waals surface area (Å²) in [4.78, 5) is 13.2. The lowest BCUT2D eigenvalue weighted by Gasteiger charge is -2.10. The molecule has 1 amide bonds. The molecule has 0 atom stereocenters. The molecule has 0 aliphatic heterocycles. The zero-order valence-electron chi connectivity index (χ0n) is 12.1. The Labute approximate surface area is 129 Å². The van der Waals surface area contributed by atoms with Crippen LogP contribution in [0, 0.1) is 6.92 Å². The van der Waals surface area contributed by atoms with Crippen LogP contribution in [0.2, 0.25) is 0 Å². The van der Waals surface area contributed by atoms with Gasteiger partial charge >= 0.3 is 0 Å². The normalized spacial score (nSPS) is 10.3. The Kier molecular flexibility index (Phi) is 5.69. The summed E-state index contributed by atoms with van der Waals surface area (Å²) in [5.74, 6) is 0.977. The molecule has 0 aliphatic carbocycles. The Morgan fingerprint density at radius 2 is 1.90 bits per heavy atom. The van der Waals surface area contributed by atoms with Crippen LogP contribution in [0.25, 0.3) is 0 Å². The van der Waals surface area contributed by atoms with Crippen molar-refractivity contribution in [3.8, 4) is 0 Å². The second-order valence-corrected chi connectivity index (χ2v) is 6.00. The van der Waals surface area contributed by atoms with Crippen molar-refractivity contribution in [3.05, 3.63) is 54.1 Å². The van der Waals surface area contributed by atoms with Crippen molar-refractivity contribution in [1.29, 1.82) is 0 Å². The van der Waals surface area contributed by atoms with E-state index in [9.17, 15) is 4.79 Å². The fourth-order valence-corrected chi connectivity index (χ4v) is 2.82. The predicted molar refractivity (Wildman–Crippen MR) is 90.6 cm³/mol. The molecule has 0 fully saturated rings. The summed E-state index contributed by atoms with van der Waals surface area (Å²) >= 11 is 1.77. The maximum absolute atomic E-state index is 11.9. The highest BCUT2D eigenvalue weighted by Gasteiger charge is 2.06. The van der Waals surface area contributed by atoms with Gasteiger partial charge in [-0.05, 0) is 48.9 Å². The summed E-state index contributed by atoms with van der Waals surface area (Å²) in [5.41, 5.74) is 8.25. The molecule has 2 aromatic carbocycles. The molecule has 0 spiro atoms. The molecule has 21 heavy (non-hydrogen) atoms. The van der Waals surface area contributed by atoms with Gasteiger partial charge in [0.15, 0.2) is 0 Å². The number of anilines is 2. The van der Waals surface area contributed by atoms with E-state index < -0.39 is 0 Å². The van der Waals surface area contributed by atoms with Crippen molar-refractivity contribution < 1.29 is 4.79 Å². The van der Waals surface area contributed by atoms with Crippen LogP contribution in [0.5, 0.6) is 0 Å². The molecule has 0 aliphatic rings. The molecule has 0 radical (unpaired) electrons. The van der Waals surface area contributed by atoms with Gasteiger partial charge in [-0.2, -0.15) is 0 Å². The predicted octanol–water partition coefficient (Wildman–Crippen LogP) is 4.09. The van der Waals surface area contributed by atoms with Gasteiger partial charge in [0.1, 0.15) is 0 Å². The third-order valence-electron chi connectivity index (χ3n) is 3.21. The SMILES string of the molecule is Cc1c(N)cccc1NC(=O)CCCSc1ccccc1. The van der Waals surface area contributed by atoms with Gasteiger partial charge in [0.05, 0.1) is 0 Å². The van der Waals surface area contributed by atoms with E-state index in [1.807, 2.05) is 43.3 Å². The Morgan fingerprint density at radius 3 is 2.67 bits per heavy atom. The number of carbonyl (C=O) groups excluding carboxylic acids is 1. The molecular formula is C17H20N2OS. The van der Waals surface area contributed by atoms with Crippen molar-refractivity contribution in [2.75, 3.05) is 16.8 Å². The Morgan fingerprint density at radius 1 is 1.14 bits per heavy atom. The summed E-state index contributed by atoms with van der Waals surface area (Å²) in [6.07, 6.45) is 1.38. The first kappa shape index (κ1) is 15.4. The van der Waals surface area contributed by atoms with Gasteiger partial charge in [0, 0.05) is 22.7 Å². The van der Waals surface area contributed by atoms with Gasteiger partial charge in [-0.25, -0.2) is 0 Å². The Bertz CT molecular complexity index is 599. The zero-order chi connectivity index (χ0) is 15.1. The zero-order valence-corrected chi connectivity index (χ0v) is 13.0. The highest BCUT2D eigenvalue weighted by atomic mass is 32.2. The highest BCUT2D eigenvalue weighted by molar-refractivity contribution is 7.99. The lowest BCUT2D eigenvalue weighted by molar-refractivity contribution is -0.116. The van der Waals surface area contributed by atoms with Gasteiger partial charge in [0.2, 0.25) is 5.91 Å². The van der Waals surface area contributed by atoms with Crippen molar-refractivity contribution in [2.24, 2.45) is 0 Å². The van der Waals surface area contributed by atoms with E-state index >= 15 is 0 Å². The molecule has 0 saturated heterocycles. The van der Waals surface area contributed by atoms with Crippen LogP contribution in [0.3, 0.4) is 0 Å². The van der Waals surface area contributed by atoms with Crippen LogP contribution in [0.1, 0.15) is 18.4 Å². The van der Waals surface area contributed by atoms with Crippen molar-refractivity contribution in [3.63, 3.8) is 0 Å². The molecule has 0 saturated carbocycles. The van der Waals surface area contributed by atoms with Crippen LogP contribution in [0.4, 0.5) is 11.4 Å². The molecular weight excluding hydrogens is 280 g/mol. The summed E-state index contributed by atoms with van der Waals surface area (Å²) in [7, 11) is 0. The average Bonchev–Trinajstić information content (AvgIpc) is 2.49. The first-order valence-corrected chi connectivity index (χ1v) is 7.98. The molecule has 3 nitrogen and oxygen atoms in total. The third kappa shape index (κ3) is 4.83. The van der Waals surface area contributed by atoms with Crippen molar-refractivity contribution in [2.45, 2.75) is 24.7 Å². The third-order valence-corrected chi connectivity index (χ3v) is 4.31. The van der Waals surface area contributed by atoms with E-state index in [1.165, 1.54) is 4.90 Å². The number of hydrogen-bond donors (Lipinski definition) is 2. The summed E-state index contributed by atoms with van der Waals surface area (Å²) in [5, 5.41) is 2.92. The van der Waals surface area contributed by atoms with Crippen LogP contribution in [0.15, 0.2) is 53.4 Å². The first-order chi connectivity index (χ1) is 10.2. The molecule has 2 aromatic rings. The fraction of sp³-hybridized carbons (Fsp3) is 0.235. The van der Waals surface area contributed by atoms with Gasteiger partial charge in [-0.1, -0.05) is 24.3 Å². The van der Waals surface area contributed by atoms with Gasteiger partial charge < -0.3 is 11.1 Å². The molecule has 0 bridgehead atoms. The number of benzene rings is 2. The van der Waals surface area contributed by atoms with E-state index in [4.69, 9.17) is 5.73 Å². The second kappa shape index (κ2) is 7.74. The maximum Gasteiger partial charge on any atom is 0.224 e. The molecule has 0 heterocycles. The second-order valence-electron chi connectivity index (χ2n) is 4.83.